The van der Waals surface area contributed by atoms with Crippen LogP contribution in [0.4, 0.5) is 0 Å². The number of carboxylic acids is 3. The molecule has 0 fully saturated rings. The summed E-state index contributed by atoms with van der Waals surface area (Å²) in [6.07, 6.45) is -0.411. The molecule has 0 saturated heterocycles. The van der Waals surface area contributed by atoms with Crippen molar-refractivity contribution >= 4 is 23.6 Å². The van der Waals surface area contributed by atoms with E-state index in [-0.39, 0.29) is 10.6 Å². The van der Waals surface area contributed by atoms with Crippen LogP contribution in [-0.2, 0) is 14.4 Å². The van der Waals surface area contributed by atoms with Crippen LogP contribution in [0.1, 0.15) is 6.42 Å². The van der Waals surface area contributed by atoms with Gasteiger partial charge in [-0.05, 0) is 12.2 Å². The molecule has 8 N–H and O–H groups in total. The summed E-state index contributed by atoms with van der Waals surface area (Å²) in [6, 6.07) is 0. The molecule has 1 aromatic rings. The van der Waals surface area contributed by atoms with Crippen LogP contribution in [0.3, 0.4) is 0 Å². The Balaban J connectivity index is 4.03. The van der Waals surface area contributed by atoms with Crippen molar-refractivity contribution in [3.05, 3.63) is 60.8 Å². The third-order valence-corrected chi connectivity index (χ3v) is 3.00. The zero-order valence-corrected chi connectivity index (χ0v) is 14.0. The molecule has 0 radical (unpaired) electrons. The second-order valence-electron chi connectivity index (χ2n) is 5.23. The van der Waals surface area contributed by atoms with Gasteiger partial charge in [0.2, 0.25) is 0 Å². The van der Waals surface area contributed by atoms with E-state index in [9.17, 15) is 33.9 Å². The molecule has 0 saturated carbocycles. The number of carboxylic acid groups (broad SMARTS) is 3. The van der Waals surface area contributed by atoms with Crippen LogP contribution < -0.4 is 17.1 Å². The second-order valence-corrected chi connectivity index (χ2v) is 5.23. The average molecular weight is 415 g/mol. The first-order valence-electron chi connectivity index (χ1n) is 7.18. The Morgan fingerprint density at radius 1 is 0.897 bits per heavy atom. The lowest BCUT2D eigenvalue weighted by Crippen LogP contribution is -2.43. The number of nitrogens with one attached hydrogen (secondary N) is 2. The molecule has 0 bridgehead atoms. The van der Waals surface area contributed by atoms with E-state index >= 15 is 0 Å². The Labute approximate surface area is 157 Å². The van der Waals surface area contributed by atoms with Gasteiger partial charge in [-0.2, -0.15) is 0 Å². The number of aliphatic carboxylic acids is 3. The monoisotopic (exact) mass is 415 g/mol. The zero-order valence-electron chi connectivity index (χ0n) is 14.0. The number of H-pyrrole nitrogens is 2. The Hall–Kier alpha value is -4.08. The van der Waals surface area contributed by atoms with Gasteiger partial charge in [0.15, 0.2) is 0 Å². The molecule has 15 nitrogen and oxygen atoms in total. The van der Waals surface area contributed by atoms with Gasteiger partial charge in [0.1, 0.15) is 0 Å². The van der Waals surface area contributed by atoms with Gasteiger partial charge in [0, 0.05) is 11.6 Å². The Morgan fingerprint density at radius 3 is 1.79 bits per heavy atom. The molecule has 0 amide bonds. The van der Waals surface area contributed by atoms with Crippen molar-refractivity contribution in [3.63, 3.8) is 0 Å². The third kappa shape index (κ3) is 6.54. The summed E-state index contributed by atoms with van der Waals surface area (Å²) in [4.78, 5) is 71.8. The van der Waals surface area contributed by atoms with Gasteiger partial charge >= 0.3 is 35.0 Å². The molecule has 0 aliphatic carbocycles. The van der Waals surface area contributed by atoms with E-state index in [1.165, 1.54) is 0 Å². The van der Waals surface area contributed by atoms with Gasteiger partial charge in [0.05, 0.1) is 17.7 Å². The summed E-state index contributed by atoms with van der Waals surface area (Å²) in [5.41, 5.74) is -7.53. The lowest BCUT2D eigenvalue weighted by molar-refractivity contribution is -0.309. The van der Waals surface area contributed by atoms with E-state index in [0.717, 1.165) is 0 Å². The normalized spacial score (nSPS) is 13.3. The lowest BCUT2D eigenvalue weighted by Gasteiger charge is -2.15. The van der Waals surface area contributed by atoms with E-state index in [1.807, 2.05) is 0 Å². The topological polar surface area (TPSA) is 260 Å². The molecule has 0 aromatic carbocycles. The van der Waals surface area contributed by atoms with Gasteiger partial charge in [0.25, 0.3) is 5.97 Å². The maximum Gasteiger partial charge on any atom is 0.338 e. The average Bonchev–Trinajstić information content (AvgIpc) is 2.52. The van der Waals surface area contributed by atoms with Crippen molar-refractivity contribution in [1.82, 2.24) is 14.5 Å². The lowest BCUT2D eigenvalue weighted by atomic mass is 10.0. The van der Waals surface area contributed by atoms with E-state index in [4.69, 9.17) is 25.5 Å². The molecular formula is C14H13N3O12. The molecule has 29 heavy (non-hydrogen) atoms. The molecular weight excluding hydrogens is 402 g/mol. The quantitative estimate of drug-likeness (QED) is 0.115. The van der Waals surface area contributed by atoms with Gasteiger partial charge in [-0.3, -0.25) is 9.97 Å². The van der Waals surface area contributed by atoms with Crippen molar-refractivity contribution in [2.75, 3.05) is 0 Å². The number of aromatic nitrogens is 3. The summed E-state index contributed by atoms with van der Waals surface area (Å²) < 4.78 is -0.00957. The molecule has 156 valence electrons. The van der Waals surface area contributed by atoms with Crippen LogP contribution in [0.15, 0.2) is 43.8 Å². The standard InChI is InChI=1S/C14H13N3O12/c18-8(19)2-1-7(17-12(25)15-11(24)16-13(17)26)6(10(22)23)3-5(9(20)21)4-14(27,28)29/h1-3,27-29H,4H2,(H,18,19)(H,20,21)(H,22,23)(H2,15,16,24,25,26). The van der Waals surface area contributed by atoms with Crippen LogP contribution in [0.2, 0.25) is 0 Å². The number of carbonyl (C=O) groups is 3. The number of aromatic amines is 2. The van der Waals surface area contributed by atoms with Crippen molar-refractivity contribution in [2.45, 2.75) is 12.4 Å². The van der Waals surface area contributed by atoms with Gasteiger partial charge in [-0.15, -0.1) is 0 Å². The van der Waals surface area contributed by atoms with Crippen molar-refractivity contribution in [3.8, 4) is 0 Å². The summed E-state index contributed by atoms with van der Waals surface area (Å²) >= 11 is 0. The highest BCUT2D eigenvalue weighted by molar-refractivity contribution is 6.01. The first-order valence-corrected chi connectivity index (χ1v) is 7.18. The zero-order chi connectivity index (χ0) is 22.5. The van der Waals surface area contributed by atoms with Crippen LogP contribution in [-0.4, -0.2) is 69.1 Å². The molecule has 0 aliphatic heterocycles. The van der Waals surface area contributed by atoms with Gasteiger partial charge in [-0.25, -0.2) is 33.3 Å². The predicted molar refractivity (Wildman–Crippen MR) is 89.3 cm³/mol. The first kappa shape index (κ1) is 23.0. The molecule has 1 rings (SSSR count). The van der Waals surface area contributed by atoms with E-state index in [0.29, 0.717) is 12.2 Å². The number of hydrogen-bond acceptors (Lipinski definition) is 9. The molecule has 1 heterocycles. The minimum atomic E-state index is -3.56. The Bertz CT molecular complexity index is 1070. The fraction of sp³-hybridized carbons (Fsp3) is 0.143. The maximum atomic E-state index is 11.9. The number of hydrogen-bond donors (Lipinski definition) is 8. The number of nitrogens with zero attached hydrogens (tertiary/aromatic N) is 1. The minimum absolute atomic E-state index is 0.00957. The molecule has 0 atom stereocenters. The Morgan fingerprint density at radius 2 is 1.41 bits per heavy atom. The molecule has 0 unspecified atom stereocenters. The van der Waals surface area contributed by atoms with Crippen molar-refractivity contribution in [2.24, 2.45) is 0 Å². The summed E-state index contributed by atoms with van der Waals surface area (Å²) in [7, 11) is 0. The maximum absolute atomic E-state index is 11.9. The first-order chi connectivity index (χ1) is 13.2. The fourth-order valence-corrected chi connectivity index (χ4v) is 1.95. The molecule has 1 aromatic heterocycles. The minimum Gasteiger partial charge on any atom is -0.478 e. The number of allylic oxidation sites excluding steroid dienone is 2. The van der Waals surface area contributed by atoms with Gasteiger partial charge < -0.3 is 30.6 Å². The van der Waals surface area contributed by atoms with Crippen LogP contribution in [0.25, 0.3) is 5.70 Å². The van der Waals surface area contributed by atoms with Gasteiger partial charge in [-0.1, -0.05) is 0 Å². The second kappa shape index (κ2) is 8.74. The van der Waals surface area contributed by atoms with Crippen LogP contribution in [0, 0.1) is 0 Å². The van der Waals surface area contributed by atoms with E-state index < -0.39 is 64.2 Å². The highest BCUT2D eigenvalue weighted by Gasteiger charge is 2.26. The largest absolute Gasteiger partial charge is 0.478 e. The summed E-state index contributed by atoms with van der Waals surface area (Å²) in [5, 5.41) is 54.0. The molecule has 15 heteroatoms. The van der Waals surface area contributed by atoms with Crippen molar-refractivity contribution < 1.29 is 45.0 Å². The number of rotatable bonds is 8. The fourth-order valence-electron chi connectivity index (χ4n) is 1.95. The predicted octanol–water partition coefficient (Wildman–Crippen LogP) is -3.81. The SMILES string of the molecule is O=C(O)C=CC(=C(C=C(CC(O)(O)O)C(=O)O)C(=O)O)n1c(=O)[nH]c(=O)[nH]c1=O. The highest BCUT2D eigenvalue weighted by Crippen LogP contribution is 2.18. The van der Waals surface area contributed by atoms with E-state index in [1.54, 1.807) is 9.97 Å². The molecule has 0 spiro atoms. The van der Waals surface area contributed by atoms with E-state index in [2.05, 4.69) is 0 Å². The molecule has 0 aliphatic rings. The third-order valence-electron chi connectivity index (χ3n) is 3.00. The smallest absolute Gasteiger partial charge is 0.338 e. The van der Waals surface area contributed by atoms with Crippen molar-refractivity contribution in [1.29, 1.82) is 0 Å². The summed E-state index contributed by atoms with van der Waals surface area (Å²) in [6.45, 7) is 0. The highest BCUT2D eigenvalue weighted by atomic mass is 16.7. The number of aliphatic hydroxyl groups is 3. The van der Waals surface area contributed by atoms with Crippen LogP contribution >= 0.6 is 0 Å². The Kier molecular flexibility index (Phi) is 6.92. The summed E-state index contributed by atoms with van der Waals surface area (Å²) in [5.74, 6) is -9.11. The van der Waals surface area contributed by atoms with Crippen LogP contribution in [0.5, 0.6) is 0 Å².